The van der Waals surface area contributed by atoms with E-state index in [2.05, 4.69) is 4.74 Å². The number of hydrogen-bond acceptors (Lipinski definition) is 4. The average Bonchev–Trinajstić information content (AvgIpc) is 2.47. The minimum atomic E-state index is -0.668. The van der Waals surface area contributed by atoms with E-state index in [1.54, 1.807) is 38.1 Å². The van der Waals surface area contributed by atoms with Gasteiger partial charge in [0.1, 0.15) is 0 Å². The summed E-state index contributed by atoms with van der Waals surface area (Å²) in [5.41, 5.74) is 0.829. The zero-order valence-corrected chi connectivity index (χ0v) is 13.8. The van der Waals surface area contributed by atoms with Crippen LogP contribution in [0.5, 0.6) is 0 Å². The summed E-state index contributed by atoms with van der Waals surface area (Å²) in [4.78, 5) is 25.4. The van der Waals surface area contributed by atoms with Crippen molar-refractivity contribution >= 4 is 23.5 Å². The number of aliphatic hydroxyl groups excluding tert-OH is 1. The first-order valence-electron chi connectivity index (χ1n) is 7.11. The number of esters is 1. The summed E-state index contributed by atoms with van der Waals surface area (Å²) in [5.74, 6) is -0.980. The molecule has 0 aliphatic carbocycles. The third-order valence-electron chi connectivity index (χ3n) is 3.20. The minimum absolute atomic E-state index is 0.154. The van der Waals surface area contributed by atoms with Crippen molar-refractivity contribution in [1.29, 1.82) is 0 Å². The topological polar surface area (TPSA) is 66.8 Å². The monoisotopic (exact) mass is 327 g/mol. The van der Waals surface area contributed by atoms with E-state index < -0.39 is 12.0 Å². The minimum Gasteiger partial charge on any atom is -0.469 e. The molecule has 0 saturated carbocycles. The molecule has 1 amide bonds. The summed E-state index contributed by atoms with van der Waals surface area (Å²) in [6.07, 6.45) is -0.475. The van der Waals surface area contributed by atoms with Gasteiger partial charge in [0.15, 0.2) is 0 Å². The Morgan fingerprint density at radius 3 is 2.32 bits per heavy atom. The molecule has 2 atom stereocenters. The number of carbonyl (C=O) groups is 2. The Labute approximate surface area is 135 Å². The summed E-state index contributed by atoms with van der Waals surface area (Å²) >= 11 is 5.82. The quantitative estimate of drug-likeness (QED) is 0.777. The van der Waals surface area contributed by atoms with E-state index in [-0.39, 0.29) is 31.4 Å². The molecule has 0 radical (unpaired) electrons. The molecule has 22 heavy (non-hydrogen) atoms. The first-order valence-corrected chi connectivity index (χ1v) is 7.49. The predicted molar refractivity (Wildman–Crippen MR) is 84.6 cm³/mol. The van der Waals surface area contributed by atoms with Gasteiger partial charge in [-0.25, -0.2) is 0 Å². The van der Waals surface area contributed by atoms with E-state index in [0.717, 1.165) is 5.56 Å². The third kappa shape index (κ3) is 6.03. The number of methoxy groups -OCH3 is 1. The number of benzene rings is 1. The number of hydrogen-bond donors (Lipinski definition) is 1. The normalized spacial score (nSPS) is 13.3. The highest BCUT2D eigenvalue weighted by Gasteiger charge is 2.22. The first kappa shape index (κ1) is 18.5. The first-order chi connectivity index (χ1) is 10.3. The van der Waals surface area contributed by atoms with Crippen LogP contribution >= 0.6 is 11.6 Å². The Bertz CT molecular complexity index is 501. The highest BCUT2D eigenvalue weighted by Crippen LogP contribution is 2.12. The number of aliphatic hydroxyl groups is 1. The molecule has 6 heteroatoms. The number of halogens is 1. The highest BCUT2D eigenvalue weighted by molar-refractivity contribution is 6.30. The molecule has 0 heterocycles. The van der Waals surface area contributed by atoms with Crippen LogP contribution in [-0.4, -0.2) is 48.2 Å². The van der Waals surface area contributed by atoms with Crippen molar-refractivity contribution in [3.63, 3.8) is 0 Å². The van der Waals surface area contributed by atoms with Gasteiger partial charge < -0.3 is 14.7 Å². The van der Waals surface area contributed by atoms with Crippen molar-refractivity contribution in [2.45, 2.75) is 26.4 Å². The van der Waals surface area contributed by atoms with Crippen molar-refractivity contribution in [3.8, 4) is 0 Å². The van der Waals surface area contributed by atoms with Crippen molar-refractivity contribution < 1.29 is 19.4 Å². The van der Waals surface area contributed by atoms with E-state index in [9.17, 15) is 14.7 Å². The molecule has 1 aromatic rings. The summed E-state index contributed by atoms with van der Waals surface area (Å²) in [7, 11) is 1.31. The van der Waals surface area contributed by atoms with Crippen LogP contribution < -0.4 is 0 Å². The average molecular weight is 328 g/mol. The smallest absolute Gasteiger partial charge is 0.310 e. The summed E-state index contributed by atoms with van der Waals surface area (Å²) in [6.45, 7) is 3.68. The number of amides is 1. The maximum absolute atomic E-state index is 12.4. The van der Waals surface area contributed by atoms with Crippen molar-refractivity contribution in [2.75, 3.05) is 20.2 Å². The van der Waals surface area contributed by atoms with Gasteiger partial charge in [-0.05, 0) is 24.6 Å². The van der Waals surface area contributed by atoms with Gasteiger partial charge >= 0.3 is 5.97 Å². The second-order valence-corrected chi connectivity index (χ2v) is 5.81. The van der Waals surface area contributed by atoms with E-state index >= 15 is 0 Å². The Morgan fingerprint density at radius 1 is 1.23 bits per heavy atom. The lowest BCUT2D eigenvalue weighted by molar-refractivity contribution is -0.146. The summed E-state index contributed by atoms with van der Waals surface area (Å²) < 4.78 is 4.67. The van der Waals surface area contributed by atoms with Gasteiger partial charge in [-0.15, -0.1) is 0 Å². The van der Waals surface area contributed by atoms with Gasteiger partial charge in [-0.1, -0.05) is 30.7 Å². The lowest BCUT2D eigenvalue weighted by Crippen LogP contribution is -2.41. The molecule has 5 nitrogen and oxygen atoms in total. The Balaban J connectivity index is 2.75. The van der Waals surface area contributed by atoms with Crippen LogP contribution in [-0.2, 0) is 20.7 Å². The molecule has 1 rings (SSSR count). The molecule has 0 fully saturated rings. The largest absolute Gasteiger partial charge is 0.469 e. The van der Waals surface area contributed by atoms with Crippen molar-refractivity contribution in [1.82, 2.24) is 4.90 Å². The molecule has 0 saturated heterocycles. The second-order valence-electron chi connectivity index (χ2n) is 5.38. The van der Waals surface area contributed by atoms with Gasteiger partial charge in [0.25, 0.3) is 0 Å². The number of nitrogens with zero attached hydrogens (tertiary/aromatic N) is 1. The number of ether oxygens (including phenoxy) is 1. The zero-order chi connectivity index (χ0) is 16.7. The number of carbonyl (C=O) groups excluding carboxylic acids is 2. The molecule has 0 aliphatic heterocycles. The Morgan fingerprint density at radius 2 is 1.82 bits per heavy atom. The molecule has 1 aromatic carbocycles. The Hall–Kier alpha value is -1.59. The molecular formula is C16H22ClNO4. The van der Waals surface area contributed by atoms with Gasteiger partial charge in [-0.3, -0.25) is 9.59 Å². The molecule has 2 unspecified atom stereocenters. The molecule has 0 aromatic heterocycles. The fraction of sp³-hybridized carbons (Fsp3) is 0.500. The van der Waals surface area contributed by atoms with Gasteiger partial charge in [0.2, 0.25) is 5.91 Å². The predicted octanol–water partition coefficient (Wildman–Crippen LogP) is 1.90. The maximum Gasteiger partial charge on any atom is 0.310 e. The van der Waals surface area contributed by atoms with Crippen LogP contribution in [0.4, 0.5) is 0 Å². The van der Waals surface area contributed by atoms with E-state index in [4.69, 9.17) is 11.6 Å². The van der Waals surface area contributed by atoms with Crippen LogP contribution in [0.1, 0.15) is 19.4 Å². The molecule has 0 bridgehead atoms. The van der Waals surface area contributed by atoms with Crippen LogP contribution in [0.2, 0.25) is 5.02 Å². The lowest BCUT2D eigenvalue weighted by Gasteiger charge is -2.26. The van der Waals surface area contributed by atoms with Crippen LogP contribution in [0, 0.1) is 5.92 Å². The molecule has 0 aliphatic rings. The fourth-order valence-electron chi connectivity index (χ4n) is 2.09. The number of rotatable bonds is 7. The van der Waals surface area contributed by atoms with Gasteiger partial charge in [0.05, 0.1) is 25.6 Å². The summed E-state index contributed by atoms with van der Waals surface area (Å²) in [5, 5.41) is 10.2. The van der Waals surface area contributed by atoms with Gasteiger partial charge in [0, 0.05) is 18.1 Å². The van der Waals surface area contributed by atoms with E-state index in [1.165, 1.54) is 12.0 Å². The van der Waals surface area contributed by atoms with E-state index in [0.29, 0.717) is 5.02 Å². The molecule has 1 N–H and O–H groups in total. The third-order valence-corrected chi connectivity index (χ3v) is 3.46. The molecule has 0 spiro atoms. The van der Waals surface area contributed by atoms with Crippen molar-refractivity contribution in [3.05, 3.63) is 34.9 Å². The van der Waals surface area contributed by atoms with Crippen LogP contribution in [0.25, 0.3) is 0 Å². The molecular weight excluding hydrogens is 306 g/mol. The standard InChI is InChI=1S/C16H22ClNO4/c1-11(16(21)22-3)9-18(10-12(2)19)15(20)8-13-4-6-14(17)7-5-13/h4-7,11-12,19H,8-10H2,1-3H3. The second kappa shape index (κ2) is 8.76. The lowest BCUT2D eigenvalue weighted by atomic mass is 10.1. The molecule has 122 valence electrons. The SMILES string of the molecule is COC(=O)C(C)CN(CC(C)O)C(=O)Cc1ccc(Cl)cc1. The Kier molecular flexibility index (Phi) is 7.35. The van der Waals surface area contributed by atoms with Gasteiger partial charge in [-0.2, -0.15) is 0 Å². The van der Waals surface area contributed by atoms with E-state index in [1.807, 2.05) is 0 Å². The fourth-order valence-corrected chi connectivity index (χ4v) is 2.22. The van der Waals surface area contributed by atoms with Crippen LogP contribution in [0.15, 0.2) is 24.3 Å². The van der Waals surface area contributed by atoms with Crippen LogP contribution in [0.3, 0.4) is 0 Å². The highest BCUT2D eigenvalue weighted by atomic mass is 35.5. The zero-order valence-electron chi connectivity index (χ0n) is 13.1. The summed E-state index contributed by atoms with van der Waals surface area (Å²) in [6, 6.07) is 7.01. The maximum atomic E-state index is 12.4. The van der Waals surface area contributed by atoms with Crippen molar-refractivity contribution in [2.24, 2.45) is 5.92 Å².